The first kappa shape index (κ1) is 21.9. The average Bonchev–Trinajstić information content (AvgIpc) is 2.24. The molecule has 0 aliphatic carbocycles. The van der Waals surface area contributed by atoms with Crippen LogP contribution in [-0.4, -0.2) is 41.5 Å². The second-order valence-electron chi connectivity index (χ2n) is 3.61. The quantitative estimate of drug-likeness (QED) is 0.373. The lowest BCUT2D eigenvalue weighted by Crippen LogP contribution is -2.70. The Labute approximate surface area is 114 Å². The maximum atomic E-state index is 12.6. The average molecular weight is 387 g/mol. The Balaban J connectivity index is 6.14. The minimum atomic E-state index is -8.17. The third-order valence-corrected chi connectivity index (χ3v) is 2.09. The molecule has 0 aromatic carbocycles. The summed E-state index contributed by atoms with van der Waals surface area (Å²) in [6.45, 7) is 0. The van der Waals surface area contributed by atoms with Crippen LogP contribution in [0.5, 0.6) is 0 Å². The van der Waals surface area contributed by atoms with Gasteiger partial charge in [0.1, 0.15) is 0 Å². The Morgan fingerprint density at radius 3 is 1.04 bits per heavy atom. The maximum absolute atomic E-state index is 12.6. The molecule has 0 aromatic rings. The van der Waals surface area contributed by atoms with Crippen LogP contribution in [0, 0.1) is 0 Å². The summed E-state index contributed by atoms with van der Waals surface area (Å²) < 4.78 is 182. The first-order chi connectivity index (χ1) is 9.67. The van der Waals surface area contributed by atoms with E-state index < -0.39 is 41.5 Å². The van der Waals surface area contributed by atoms with E-state index >= 15 is 0 Å². The normalized spacial score (nSPS) is 16.2. The molecule has 0 atom stereocenters. The van der Waals surface area contributed by atoms with Crippen molar-refractivity contribution >= 4 is 0 Å². The van der Waals surface area contributed by atoms with Crippen molar-refractivity contribution in [1.82, 2.24) is 5.51 Å². The van der Waals surface area contributed by atoms with Gasteiger partial charge < -0.3 is 0 Å². The summed E-state index contributed by atoms with van der Waals surface area (Å²) in [6.07, 6.45) is -14.9. The van der Waals surface area contributed by atoms with Crippen molar-refractivity contribution in [3.05, 3.63) is 0 Å². The van der Waals surface area contributed by atoms with E-state index in [1.165, 1.54) is 4.84 Å². The molecule has 0 radical (unpaired) electrons. The lowest BCUT2D eigenvalue weighted by molar-refractivity contribution is -0.541. The summed E-state index contributed by atoms with van der Waals surface area (Å²) in [7, 11) is 0. The highest BCUT2D eigenvalue weighted by Gasteiger charge is 2.91. The standard InChI is InChI=1S/C6F15NO/c7-1(8,3(11,12)5(15,16)17)2(9,10)4(13,14)6(18,19)23-22(20)21. The van der Waals surface area contributed by atoms with Crippen molar-refractivity contribution in [2.75, 3.05) is 0 Å². The first-order valence-electron chi connectivity index (χ1n) is 4.43. The molecule has 0 unspecified atom stereocenters. The largest absolute Gasteiger partial charge is 0.460 e. The summed E-state index contributed by atoms with van der Waals surface area (Å²) in [5.41, 5.74) is -3.38. The highest BCUT2D eigenvalue weighted by atomic mass is 19.4. The summed E-state index contributed by atoms with van der Waals surface area (Å²) in [5.74, 6) is -32.2. The zero-order chi connectivity index (χ0) is 19.3. The van der Waals surface area contributed by atoms with E-state index in [1.54, 1.807) is 0 Å². The van der Waals surface area contributed by atoms with Crippen LogP contribution in [0.25, 0.3) is 0 Å². The van der Waals surface area contributed by atoms with E-state index in [0.717, 1.165) is 0 Å². The molecule has 0 heterocycles. The van der Waals surface area contributed by atoms with Gasteiger partial charge in [0.25, 0.3) is 0 Å². The van der Waals surface area contributed by atoms with Crippen LogP contribution in [0.3, 0.4) is 0 Å². The van der Waals surface area contributed by atoms with Gasteiger partial charge in [-0.25, -0.2) is 0 Å². The van der Waals surface area contributed by atoms with Gasteiger partial charge in [-0.05, 0) is 0 Å². The van der Waals surface area contributed by atoms with Crippen LogP contribution in [0.4, 0.5) is 66.0 Å². The van der Waals surface area contributed by atoms with Gasteiger partial charge in [0.05, 0.1) is 0 Å². The number of hydrogen-bond acceptors (Lipinski definition) is 2. The van der Waals surface area contributed by atoms with Gasteiger partial charge in [-0.1, -0.05) is 8.96 Å². The Morgan fingerprint density at radius 2 is 0.783 bits per heavy atom. The van der Waals surface area contributed by atoms with Crippen LogP contribution in [0.15, 0.2) is 0 Å². The predicted molar refractivity (Wildman–Crippen MR) is 35.9 cm³/mol. The molecule has 0 spiro atoms. The monoisotopic (exact) mass is 387 g/mol. The molecule has 0 N–H and O–H groups in total. The number of nitrogens with zero attached hydrogens (tertiary/aromatic N) is 1. The van der Waals surface area contributed by atoms with Gasteiger partial charge >= 0.3 is 36.0 Å². The molecule has 23 heavy (non-hydrogen) atoms. The predicted octanol–water partition coefficient (Wildman–Crippen LogP) is 4.69. The second-order valence-corrected chi connectivity index (χ2v) is 3.61. The lowest BCUT2D eigenvalue weighted by Gasteiger charge is -2.38. The molecule has 0 aliphatic heterocycles. The number of alkyl halides is 13. The molecule has 0 aromatic heterocycles. The fourth-order valence-electron chi connectivity index (χ4n) is 0.899. The fraction of sp³-hybridized carbons (Fsp3) is 1.00. The maximum Gasteiger partial charge on any atom is 0.460 e. The highest BCUT2D eigenvalue weighted by molar-refractivity contribution is 5.08. The number of rotatable bonds is 6. The molecule has 0 bridgehead atoms. The second kappa shape index (κ2) is 5.45. The zero-order valence-electron chi connectivity index (χ0n) is 9.52. The van der Waals surface area contributed by atoms with Crippen molar-refractivity contribution in [2.45, 2.75) is 36.0 Å². The van der Waals surface area contributed by atoms with E-state index in [0.29, 0.717) is 0 Å². The van der Waals surface area contributed by atoms with Gasteiger partial charge in [0, 0.05) is 0 Å². The minimum absolute atomic E-state index is 1.46. The summed E-state index contributed by atoms with van der Waals surface area (Å²) in [4.78, 5) is 1.46. The van der Waals surface area contributed by atoms with E-state index in [2.05, 4.69) is 0 Å². The summed E-state index contributed by atoms with van der Waals surface area (Å²) in [6, 6.07) is 0. The molecule has 0 rings (SSSR count). The lowest BCUT2D eigenvalue weighted by atomic mass is 9.97. The molecule has 0 aliphatic rings. The summed E-state index contributed by atoms with van der Waals surface area (Å²) >= 11 is 0. The van der Waals surface area contributed by atoms with E-state index in [4.69, 9.17) is 0 Å². The molecular weight excluding hydrogens is 387 g/mol. The Bertz CT molecular complexity index is 424. The van der Waals surface area contributed by atoms with Crippen molar-refractivity contribution in [3.63, 3.8) is 0 Å². The van der Waals surface area contributed by atoms with Crippen molar-refractivity contribution in [2.24, 2.45) is 0 Å². The molecule has 17 heteroatoms. The SMILES string of the molecule is FN(F)OC(F)(F)C(F)(F)C(F)(F)C(F)(F)C(F)(F)C(F)(F)F. The summed E-state index contributed by atoms with van der Waals surface area (Å²) in [5, 5.41) is 0. The van der Waals surface area contributed by atoms with Crippen LogP contribution in [0.1, 0.15) is 0 Å². The first-order valence-corrected chi connectivity index (χ1v) is 4.43. The van der Waals surface area contributed by atoms with Gasteiger partial charge in [-0.15, -0.1) is 0 Å². The van der Waals surface area contributed by atoms with E-state index in [-0.39, 0.29) is 0 Å². The topological polar surface area (TPSA) is 12.5 Å². The van der Waals surface area contributed by atoms with Gasteiger partial charge in [-0.3, -0.25) is 0 Å². The Kier molecular flexibility index (Phi) is 5.19. The third kappa shape index (κ3) is 3.11. The molecule has 0 saturated carbocycles. The molecule has 0 fully saturated rings. The van der Waals surface area contributed by atoms with Crippen LogP contribution < -0.4 is 0 Å². The minimum Gasteiger partial charge on any atom is -0.192 e. The van der Waals surface area contributed by atoms with Crippen molar-refractivity contribution in [1.29, 1.82) is 0 Å². The molecule has 0 saturated heterocycles. The van der Waals surface area contributed by atoms with Gasteiger partial charge in [0.2, 0.25) is 0 Å². The van der Waals surface area contributed by atoms with E-state index in [9.17, 15) is 66.0 Å². The fourth-order valence-corrected chi connectivity index (χ4v) is 0.899. The molecular formula is C6F15NO. The Morgan fingerprint density at radius 1 is 0.478 bits per heavy atom. The van der Waals surface area contributed by atoms with Crippen LogP contribution >= 0.6 is 0 Å². The smallest absolute Gasteiger partial charge is 0.192 e. The molecule has 140 valence electrons. The van der Waals surface area contributed by atoms with Crippen LogP contribution in [-0.2, 0) is 4.84 Å². The molecule has 0 amide bonds. The zero-order valence-corrected chi connectivity index (χ0v) is 9.52. The number of halogens is 15. The van der Waals surface area contributed by atoms with Gasteiger partial charge in [-0.2, -0.15) is 61.9 Å². The van der Waals surface area contributed by atoms with Crippen molar-refractivity contribution in [3.8, 4) is 0 Å². The number of hydrogen-bond donors (Lipinski definition) is 0. The Hall–Kier alpha value is -1.13. The van der Waals surface area contributed by atoms with Gasteiger partial charge in [0.15, 0.2) is 5.51 Å². The molecule has 2 nitrogen and oxygen atoms in total. The van der Waals surface area contributed by atoms with Crippen molar-refractivity contribution < 1.29 is 70.9 Å². The highest BCUT2D eigenvalue weighted by Crippen LogP contribution is 2.60. The third-order valence-electron chi connectivity index (χ3n) is 2.09. The van der Waals surface area contributed by atoms with E-state index in [1.807, 2.05) is 0 Å². The van der Waals surface area contributed by atoms with Crippen LogP contribution in [0.2, 0.25) is 0 Å².